The van der Waals surface area contributed by atoms with Crippen molar-refractivity contribution < 1.29 is 19.1 Å². The number of carbonyl (C=O) groups is 2. The molecular weight excluding hydrogens is 651 g/mol. The van der Waals surface area contributed by atoms with Gasteiger partial charge in [-0.1, -0.05) is 18.2 Å². The van der Waals surface area contributed by atoms with E-state index in [1.807, 2.05) is 43.1 Å². The molecule has 0 spiro atoms. The van der Waals surface area contributed by atoms with Crippen molar-refractivity contribution in [2.75, 3.05) is 20.2 Å². The Balaban J connectivity index is 1.27. The summed E-state index contributed by atoms with van der Waals surface area (Å²) in [6.45, 7) is 5.23. The van der Waals surface area contributed by atoms with Crippen molar-refractivity contribution in [3.05, 3.63) is 59.3 Å². The first-order valence-corrected chi connectivity index (χ1v) is 16.7. The number of thiazole rings is 1. The van der Waals surface area contributed by atoms with Crippen molar-refractivity contribution in [1.29, 1.82) is 5.26 Å². The van der Waals surface area contributed by atoms with E-state index in [0.717, 1.165) is 41.1 Å². The third-order valence-electron chi connectivity index (χ3n) is 7.37. The van der Waals surface area contributed by atoms with E-state index in [1.165, 1.54) is 27.3 Å². The lowest BCUT2D eigenvalue weighted by Crippen LogP contribution is -2.42. The zero-order valence-electron chi connectivity index (χ0n) is 23.4. The van der Waals surface area contributed by atoms with Gasteiger partial charge < -0.3 is 14.4 Å². The highest BCUT2D eigenvalue weighted by Gasteiger charge is 2.26. The number of amides is 2. The Morgan fingerprint density at radius 2 is 1.98 bits per heavy atom. The zero-order valence-corrected chi connectivity index (χ0v) is 26.4. The van der Waals surface area contributed by atoms with Gasteiger partial charge in [-0.2, -0.15) is 5.26 Å². The summed E-state index contributed by atoms with van der Waals surface area (Å²) in [5, 5.41) is 10.5. The Morgan fingerprint density at radius 3 is 2.71 bits per heavy atom. The second-order valence-electron chi connectivity index (χ2n) is 10.5. The lowest BCUT2D eigenvalue weighted by Gasteiger charge is -2.31. The van der Waals surface area contributed by atoms with E-state index >= 15 is 0 Å². The summed E-state index contributed by atoms with van der Waals surface area (Å²) in [7, 11) is 1.42. The number of carbonyl (C=O) groups excluding carboxylic acids is 2. The van der Waals surface area contributed by atoms with Gasteiger partial charge in [-0.25, -0.2) is 9.78 Å². The molecule has 41 heavy (non-hydrogen) atoms. The number of urea groups is 1. The van der Waals surface area contributed by atoms with Crippen LogP contribution in [0.1, 0.15) is 56.2 Å². The number of likely N-dealkylation sites (tertiary alicyclic amines) is 1. The number of esters is 1. The topological polar surface area (TPSA) is 105 Å². The summed E-state index contributed by atoms with van der Waals surface area (Å²) >= 11 is 0.973. The first-order chi connectivity index (χ1) is 19.9. The molecule has 1 fully saturated rings. The normalized spacial score (nSPS) is 16.2. The molecule has 10 heteroatoms. The van der Waals surface area contributed by atoms with Crippen LogP contribution in [0.2, 0.25) is 0 Å². The molecule has 0 bridgehead atoms. The van der Waals surface area contributed by atoms with Gasteiger partial charge in [0.05, 0.1) is 23.7 Å². The Bertz CT molecular complexity index is 1520. The number of aromatic nitrogens is 1. The molecule has 2 aliphatic rings. The Morgan fingerprint density at radius 1 is 1.20 bits per heavy atom. The monoisotopic (exact) mass is 684 g/mol. The molecule has 2 amide bonds. The minimum absolute atomic E-state index is 0.0000670. The van der Waals surface area contributed by atoms with Crippen molar-refractivity contribution in [1.82, 2.24) is 13.4 Å². The molecule has 3 aromatic rings. The summed E-state index contributed by atoms with van der Waals surface area (Å²) in [5.41, 5.74) is 5.16. The number of fused-ring (bicyclic) bond motifs is 1. The third-order valence-corrected chi connectivity index (χ3v) is 11.0. The number of hydrogen-bond donors (Lipinski definition) is 1. The van der Waals surface area contributed by atoms with Crippen LogP contribution in [0.15, 0.2) is 42.6 Å². The molecule has 0 unspecified atom stereocenters. The quantitative estimate of drug-likeness (QED) is 0.174. The van der Waals surface area contributed by atoms with Gasteiger partial charge in [-0.3, -0.25) is 8.32 Å². The van der Waals surface area contributed by atoms with Crippen LogP contribution < -0.4 is 8.27 Å². The number of nitriles is 1. The van der Waals surface area contributed by atoms with E-state index in [1.54, 1.807) is 11.3 Å². The molecule has 1 aliphatic carbocycles. The van der Waals surface area contributed by atoms with Gasteiger partial charge in [0.2, 0.25) is 0 Å². The molecule has 1 aliphatic heterocycles. The average Bonchev–Trinajstić information content (AvgIpc) is 3.64. The predicted molar refractivity (Wildman–Crippen MR) is 169 cm³/mol. The second kappa shape index (κ2) is 13.1. The first-order valence-electron chi connectivity index (χ1n) is 13.8. The molecular formula is C31H33IN4O4S. The van der Waals surface area contributed by atoms with Crippen LogP contribution in [-0.2, 0) is 16.0 Å². The van der Waals surface area contributed by atoms with Gasteiger partial charge in [0, 0.05) is 55.8 Å². The smallest absolute Gasteiger partial charge is 0.325 e. The molecule has 1 saturated heterocycles. The van der Waals surface area contributed by atoms with Gasteiger partial charge in [0.1, 0.15) is 16.8 Å². The van der Waals surface area contributed by atoms with Crippen molar-refractivity contribution in [2.24, 2.45) is 5.92 Å². The molecule has 8 nitrogen and oxygen atoms in total. The number of nitrogens with zero attached hydrogens (tertiary/aromatic N) is 3. The van der Waals surface area contributed by atoms with Crippen LogP contribution in [0.25, 0.3) is 21.0 Å². The van der Waals surface area contributed by atoms with E-state index in [0.29, 0.717) is 30.8 Å². The van der Waals surface area contributed by atoms with Gasteiger partial charge >= 0.3 is 12.0 Å². The fourth-order valence-corrected chi connectivity index (χ4v) is 8.46. The highest BCUT2D eigenvalue weighted by molar-refractivity contribution is 14.2. The van der Waals surface area contributed by atoms with E-state index in [9.17, 15) is 14.9 Å². The van der Waals surface area contributed by atoms with Gasteiger partial charge in [0.25, 0.3) is 0 Å². The van der Waals surface area contributed by atoms with Crippen LogP contribution in [0.4, 0.5) is 4.79 Å². The number of rotatable bonds is 7. The number of benzene rings is 2. The summed E-state index contributed by atoms with van der Waals surface area (Å²) in [6, 6.07) is 14.3. The lowest BCUT2D eigenvalue weighted by molar-refractivity contribution is -0.142. The standard InChI is InChI=1S/C31H33IN4O4S/c1-19(2)40-27-10-7-21(16-22(27)17-33)30-34-18-28(41-30)25-6-4-5-24-23(25)8-9-26(24)32-35-31(38)36-13-11-20(12-14-36)15-29(37)39-3/h4-7,10,16,18-20H,8-9,11-15H2,1-3H3,(H,35,38). The van der Waals surface area contributed by atoms with E-state index < -0.39 is 21.0 Å². The van der Waals surface area contributed by atoms with Crippen LogP contribution in [0.5, 0.6) is 5.75 Å². The highest BCUT2D eigenvalue weighted by atomic mass is 127. The van der Waals surface area contributed by atoms with Gasteiger partial charge in [-0.05, 0) is 80.3 Å². The number of hydrogen-bond acceptors (Lipinski definition) is 7. The van der Waals surface area contributed by atoms with Crippen LogP contribution in [-0.4, -0.2) is 51.7 Å². The molecule has 1 aromatic heterocycles. The van der Waals surface area contributed by atoms with E-state index in [2.05, 4.69) is 27.8 Å². The average molecular weight is 685 g/mol. The minimum atomic E-state index is -0.647. The fourth-order valence-electron chi connectivity index (χ4n) is 5.26. The predicted octanol–water partition coefficient (Wildman–Crippen LogP) is 6.47. The number of methoxy groups -OCH3 is 1. The van der Waals surface area contributed by atoms with Crippen molar-refractivity contribution in [3.8, 4) is 32.8 Å². The minimum Gasteiger partial charge on any atom is -0.490 e. The number of halogens is 1. The maximum Gasteiger partial charge on any atom is 0.325 e. The van der Waals surface area contributed by atoms with Crippen molar-refractivity contribution >= 4 is 47.9 Å². The Kier molecular flexibility index (Phi) is 9.35. The fraction of sp³-hybridized carbons (Fsp3) is 0.387. The molecule has 0 atom stereocenters. The number of piperidine rings is 1. The maximum absolute atomic E-state index is 12.9. The van der Waals surface area contributed by atoms with Crippen molar-refractivity contribution in [3.63, 3.8) is 0 Å². The third kappa shape index (κ3) is 6.79. The summed E-state index contributed by atoms with van der Waals surface area (Å²) in [4.78, 5) is 32.1. The van der Waals surface area contributed by atoms with Crippen LogP contribution in [0.3, 0.4) is 0 Å². The summed E-state index contributed by atoms with van der Waals surface area (Å²) in [6.07, 6.45) is 5.89. The summed E-state index contributed by atoms with van der Waals surface area (Å²) in [5.74, 6) is 0.697. The van der Waals surface area contributed by atoms with Crippen LogP contribution in [0, 0.1) is 17.2 Å². The van der Waals surface area contributed by atoms with E-state index in [4.69, 9.17) is 14.5 Å². The maximum atomic E-state index is 12.9. The highest BCUT2D eigenvalue weighted by Crippen LogP contribution is 2.39. The number of nitrogens with one attached hydrogen (secondary N) is 1. The lowest BCUT2D eigenvalue weighted by atomic mass is 9.94. The van der Waals surface area contributed by atoms with Crippen LogP contribution >= 0.6 is 32.3 Å². The Labute approximate surface area is 254 Å². The molecule has 2 aromatic carbocycles. The molecule has 214 valence electrons. The zero-order chi connectivity index (χ0) is 28.9. The first kappa shape index (κ1) is 29.2. The Hall–Kier alpha value is -3.30. The number of ether oxygens (including phenoxy) is 2. The van der Waals surface area contributed by atoms with E-state index in [-0.39, 0.29) is 24.0 Å². The molecule has 2 heterocycles. The van der Waals surface area contributed by atoms with Gasteiger partial charge in [0.15, 0.2) is 0 Å². The molecule has 0 saturated carbocycles. The largest absolute Gasteiger partial charge is 0.490 e. The molecule has 5 rings (SSSR count). The summed E-state index contributed by atoms with van der Waals surface area (Å²) < 4.78 is 15.1. The van der Waals surface area contributed by atoms with Crippen molar-refractivity contribution in [2.45, 2.75) is 52.1 Å². The van der Waals surface area contributed by atoms with Gasteiger partial charge in [-0.15, -0.1) is 11.3 Å². The second-order valence-corrected chi connectivity index (χ2v) is 13.9. The molecule has 1 N–H and O–H groups in total. The SMILES string of the molecule is COC(=O)CC1CCN(C(=O)NI=C2CCc3c2cccc3-c2cnc(-c3ccc(OC(C)C)c(C#N)c3)s2)CC1. The molecule has 0 radical (unpaired) electrons.